The molecule has 4 nitrogen and oxygen atoms in total. The lowest BCUT2D eigenvalue weighted by molar-refractivity contribution is 0.102. The second-order valence-corrected chi connectivity index (χ2v) is 13.1. The summed E-state index contributed by atoms with van der Waals surface area (Å²) < 4.78 is 7.78. The average molecular weight is 698 g/mol. The molecule has 0 bridgehead atoms. The van der Waals surface area contributed by atoms with Gasteiger partial charge in [0.2, 0.25) is 0 Å². The third kappa shape index (κ3) is 5.67. The van der Waals surface area contributed by atoms with E-state index in [0.717, 1.165) is 54.0 Å². The first-order valence-electron chi connectivity index (χ1n) is 11.3. The normalized spacial score (nSPS) is 15.9. The zero-order valence-corrected chi connectivity index (χ0v) is 24.9. The Morgan fingerprint density at radius 3 is 2.62 bits per heavy atom. The quantitative estimate of drug-likeness (QED) is 0.216. The van der Waals surface area contributed by atoms with E-state index >= 15 is 0 Å². The van der Waals surface area contributed by atoms with Crippen LogP contribution in [-0.4, -0.2) is 19.2 Å². The minimum Gasteiger partial charge on any atom is -0.495 e. The van der Waals surface area contributed by atoms with Crippen molar-refractivity contribution in [2.24, 2.45) is 16.3 Å². The van der Waals surface area contributed by atoms with Gasteiger partial charge < -0.3 is 10.1 Å². The van der Waals surface area contributed by atoms with Gasteiger partial charge >= 0.3 is 0 Å². The number of ether oxygens (including phenoxy) is 1. The molecule has 0 saturated heterocycles. The number of para-hydroxylation sites is 1. The molecule has 1 aliphatic carbocycles. The van der Waals surface area contributed by atoms with Gasteiger partial charge in [0.15, 0.2) is 0 Å². The lowest BCUT2D eigenvalue weighted by atomic mass is 9.72. The van der Waals surface area contributed by atoms with Gasteiger partial charge in [-0.3, -0.25) is 4.79 Å². The number of hydrogen-bond acceptors (Lipinski definition) is 4. The summed E-state index contributed by atoms with van der Waals surface area (Å²) in [6, 6.07) is 13.8. The van der Waals surface area contributed by atoms with E-state index < -0.39 is 0 Å². The number of fused-ring (bicyclic) bond motifs is 1. The average Bonchev–Trinajstić information content (AvgIpc) is 3.15. The standard InChI is InChI=1S/C27H28I2N2O2S/c1-27(2,3)17-10-11-20-22(13-17)34-26(23(20)25(32)31-19-8-6-5-7-9-19)30-15-16-12-18(28)14-21(29)24(16)33-4/h5-9,12,14-15,17H,10-11,13H2,1-4H3,(H,31,32)/t17-/m1/s1. The third-order valence-electron chi connectivity index (χ3n) is 6.29. The van der Waals surface area contributed by atoms with Crippen molar-refractivity contribution < 1.29 is 9.53 Å². The number of thiophene rings is 1. The summed E-state index contributed by atoms with van der Waals surface area (Å²) >= 11 is 6.24. The van der Waals surface area contributed by atoms with Crippen LogP contribution in [0.15, 0.2) is 47.5 Å². The molecule has 7 heteroatoms. The summed E-state index contributed by atoms with van der Waals surface area (Å²) in [4.78, 5) is 19.6. The Morgan fingerprint density at radius 1 is 1.21 bits per heavy atom. The van der Waals surface area contributed by atoms with Gasteiger partial charge in [0, 0.05) is 25.9 Å². The Kier molecular flexibility index (Phi) is 8.03. The van der Waals surface area contributed by atoms with Crippen LogP contribution in [0.1, 0.15) is 53.6 Å². The Morgan fingerprint density at radius 2 is 1.94 bits per heavy atom. The van der Waals surface area contributed by atoms with E-state index in [4.69, 9.17) is 9.73 Å². The molecule has 0 unspecified atom stereocenters. The van der Waals surface area contributed by atoms with Gasteiger partial charge in [0.1, 0.15) is 10.8 Å². The highest BCUT2D eigenvalue weighted by atomic mass is 127. The highest BCUT2D eigenvalue weighted by Gasteiger charge is 2.33. The number of nitrogens with zero attached hydrogens (tertiary/aromatic N) is 1. The van der Waals surface area contributed by atoms with E-state index in [1.54, 1.807) is 18.4 Å². The fourth-order valence-electron chi connectivity index (χ4n) is 4.37. The van der Waals surface area contributed by atoms with E-state index in [-0.39, 0.29) is 11.3 Å². The number of hydrogen-bond donors (Lipinski definition) is 1. The molecule has 178 valence electrons. The van der Waals surface area contributed by atoms with E-state index in [9.17, 15) is 4.79 Å². The second kappa shape index (κ2) is 10.7. The topological polar surface area (TPSA) is 50.7 Å². The number of anilines is 1. The maximum atomic E-state index is 13.5. The van der Waals surface area contributed by atoms with Crippen LogP contribution in [0.3, 0.4) is 0 Å². The zero-order chi connectivity index (χ0) is 24.5. The smallest absolute Gasteiger partial charge is 0.259 e. The molecule has 1 N–H and O–H groups in total. The van der Waals surface area contributed by atoms with Gasteiger partial charge in [-0.15, -0.1) is 11.3 Å². The fraction of sp³-hybridized carbons (Fsp3) is 0.333. The fourth-order valence-corrected chi connectivity index (χ4v) is 7.75. The summed E-state index contributed by atoms with van der Waals surface area (Å²) in [6.07, 6.45) is 4.83. The summed E-state index contributed by atoms with van der Waals surface area (Å²) in [5.41, 5.74) is 3.82. The molecule has 0 aliphatic heterocycles. The largest absolute Gasteiger partial charge is 0.495 e. The molecule has 1 aliphatic rings. The molecular weight excluding hydrogens is 670 g/mol. The molecule has 3 aromatic rings. The van der Waals surface area contributed by atoms with Crippen molar-refractivity contribution in [3.8, 4) is 5.75 Å². The molecule has 1 amide bonds. The minimum atomic E-state index is -0.0887. The maximum absolute atomic E-state index is 13.5. The van der Waals surface area contributed by atoms with Crippen LogP contribution in [0.4, 0.5) is 10.7 Å². The molecule has 1 aromatic heterocycles. The predicted molar refractivity (Wildman–Crippen MR) is 159 cm³/mol. The van der Waals surface area contributed by atoms with Gasteiger partial charge in [-0.1, -0.05) is 39.0 Å². The van der Waals surface area contributed by atoms with Crippen molar-refractivity contribution in [1.82, 2.24) is 0 Å². The molecule has 0 fully saturated rings. The Hall–Kier alpha value is -1.46. The van der Waals surface area contributed by atoms with E-state index in [1.165, 1.54) is 4.88 Å². The SMILES string of the molecule is COc1c(I)cc(I)cc1C=Nc1sc2c(c1C(=O)Nc1ccccc1)CC[C@@H](C(C)(C)C)C2. The van der Waals surface area contributed by atoms with Crippen LogP contribution >= 0.6 is 56.5 Å². The molecule has 0 spiro atoms. The molecule has 1 heterocycles. The van der Waals surface area contributed by atoms with E-state index in [1.807, 2.05) is 36.5 Å². The van der Waals surface area contributed by atoms with Crippen molar-refractivity contribution in [1.29, 1.82) is 0 Å². The minimum absolute atomic E-state index is 0.0887. The van der Waals surface area contributed by atoms with Crippen LogP contribution in [0, 0.1) is 18.5 Å². The van der Waals surface area contributed by atoms with Crippen LogP contribution in [0.2, 0.25) is 0 Å². The summed E-state index contributed by atoms with van der Waals surface area (Å²) in [5.74, 6) is 1.31. The molecule has 0 radical (unpaired) electrons. The van der Waals surface area contributed by atoms with Crippen LogP contribution in [-0.2, 0) is 12.8 Å². The van der Waals surface area contributed by atoms with Crippen molar-refractivity contribution in [2.45, 2.75) is 40.0 Å². The first kappa shape index (κ1) is 25.6. The first-order chi connectivity index (χ1) is 16.2. The third-order valence-corrected chi connectivity index (χ3v) is 8.88. The molecule has 2 aromatic carbocycles. The Labute approximate surface area is 232 Å². The number of benzene rings is 2. The molecule has 4 rings (SSSR count). The first-order valence-corrected chi connectivity index (χ1v) is 14.2. The van der Waals surface area contributed by atoms with Crippen molar-refractivity contribution in [2.75, 3.05) is 12.4 Å². The summed E-state index contributed by atoms with van der Waals surface area (Å²) in [7, 11) is 1.68. The van der Waals surface area contributed by atoms with Gasteiger partial charge in [-0.05, 0) is 106 Å². The number of rotatable bonds is 5. The molecular formula is C27H28I2N2O2S. The van der Waals surface area contributed by atoms with Gasteiger partial charge in [-0.25, -0.2) is 4.99 Å². The number of carbonyl (C=O) groups excluding carboxylic acids is 1. The van der Waals surface area contributed by atoms with Gasteiger partial charge in [0.05, 0.1) is 16.2 Å². The van der Waals surface area contributed by atoms with Crippen molar-refractivity contribution in [3.63, 3.8) is 0 Å². The molecule has 0 saturated carbocycles. The van der Waals surface area contributed by atoms with Crippen LogP contribution < -0.4 is 10.1 Å². The lowest BCUT2D eigenvalue weighted by Crippen LogP contribution is -2.27. The number of aliphatic imine (C=N–C) groups is 1. The van der Waals surface area contributed by atoms with Gasteiger partial charge in [-0.2, -0.15) is 0 Å². The number of halogens is 2. The van der Waals surface area contributed by atoms with Crippen molar-refractivity contribution >= 4 is 79.3 Å². The number of amides is 1. The van der Waals surface area contributed by atoms with Gasteiger partial charge in [0.25, 0.3) is 5.91 Å². The van der Waals surface area contributed by atoms with Crippen molar-refractivity contribution in [3.05, 3.63) is 71.2 Å². The highest BCUT2D eigenvalue weighted by Crippen LogP contribution is 2.45. The number of carbonyl (C=O) groups is 1. The Bertz CT molecular complexity index is 1230. The summed E-state index contributed by atoms with van der Waals surface area (Å²) in [6.45, 7) is 6.93. The second-order valence-electron chi connectivity index (χ2n) is 9.58. The number of methoxy groups -OCH3 is 1. The Balaban J connectivity index is 1.75. The predicted octanol–water partition coefficient (Wildman–Crippen LogP) is 8.12. The monoisotopic (exact) mass is 698 g/mol. The summed E-state index contributed by atoms with van der Waals surface area (Å²) in [5, 5.41) is 3.85. The van der Waals surface area contributed by atoms with Crippen LogP contribution in [0.5, 0.6) is 5.75 Å². The maximum Gasteiger partial charge on any atom is 0.259 e. The van der Waals surface area contributed by atoms with E-state index in [0.29, 0.717) is 11.5 Å². The molecule has 34 heavy (non-hydrogen) atoms. The molecule has 1 atom stereocenters. The lowest BCUT2D eigenvalue weighted by Gasteiger charge is -2.33. The number of nitrogens with one attached hydrogen (secondary N) is 1. The zero-order valence-electron chi connectivity index (χ0n) is 19.7. The van der Waals surface area contributed by atoms with Crippen LogP contribution in [0.25, 0.3) is 0 Å². The highest BCUT2D eigenvalue weighted by molar-refractivity contribution is 14.1. The van der Waals surface area contributed by atoms with E-state index in [2.05, 4.69) is 83.4 Å².